The number of piperazine rings is 1. The Morgan fingerprint density at radius 1 is 1.37 bits per heavy atom. The summed E-state index contributed by atoms with van der Waals surface area (Å²) in [4.78, 5) is 16.7. The van der Waals surface area contributed by atoms with Gasteiger partial charge < -0.3 is 15.4 Å². The molecule has 0 aromatic rings. The van der Waals surface area contributed by atoms with Crippen LogP contribution in [0.3, 0.4) is 0 Å². The normalized spacial score (nSPS) is 30.6. The van der Waals surface area contributed by atoms with Gasteiger partial charge in [0.25, 0.3) is 5.91 Å². The molecule has 1 amide bonds. The number of carbonyl (C=O) groups is 1. The monoisotopic (exact) mass is 269 g/mol. The largest absolute Gasteiger partial charge is 0.368 e. The lowest BCUT2D eigenvalue weighted by Gasteiger charge is -2.37. The van der Waals surface area contributed by atoms with E-state index in [0.717, 1.165) is 52.3 Å². The molecule has 0 aromatic carbocycles. The first-order chi connectivity index (χ1) is 9.11. The van der Waals surface area contributed by atoms with Crippen LogP contribution in [0.25, 0.3) is 0 Å². The Bertz CT molecular complexity index is 303. The SMILES string of the molecule is CC(CN)CN1CCN(C(=O)C2OCCC2C)CC1. The van der Waals surface area contributed by atoms with Crippen molar-refractivity contribution < 1.29 is 9.53 Å². The fourth-order valence-electron chi connectivity index (χ4n) is 2.86. The average molecular weight is 269 g/mol. The van der Waals surface area contributed by atoms with Crippen molar-refractivity contribution in [3.05, 3.63) is 0 Å². The molecule has 3 atom stereocenters. The molecule has 2 heterocycles. The van der Waals surface area contributed by atoms with Crippen molar-refractivity contribution in [2.45, 2.75) is 26.4 Å². The highest BCUT2D eigenvalue weighted by molar-refractivity contribution is 5.81. The minimum Gasteiger partial charge on any atom is -0.368 e. The number of hydrogen-bond acceptors (Lipinski definition) is 4. The molecule has 2 rings (SSSR count). The minimum absolute atomic E-state index is 0.191. The lowest BCUT2D eigenvalue weighted by molar-refractivity contribution is -0.144. The molecule has 5 nitrogen and oxygen atoms in total. The second kappa shape index (κ2) is 6.68. The Kier molecular flexibility index (Phi) is 5.19. The number of rotatable bonds is 4. The third-order valence-electron chi connectivity index (χ3n) is 4.29. The lowest BCUT2D eigenvalue weighted by Crippen LogP contribution is -2.53. The Hall–Kier alpha value is -0.650. The van der Waals surface area contributed by atoms with E-state index in [1.54, 1.807) is 0 Å². The molecule has 5 heteroatoms. The van der Waals surface area contributed by atoms with Crippen LogP contribution in [-0.2, 0) is 9.53 Å². The molecule has 0 aliphatic carbocycles. The zero-order valence-corrected chi connectivity index (χ0v) is 12.2. The van der Waals surface area contributed by atoms with Gasteiger partial charge in [-0.15, -0.1) is 0 Å². The maximum Gasteiger partial charge on any atom is 0.252 e. The fraction of sp³-hybridized carbons (Fsp3) is 0.929. The molecule has 0 bridgehead atoms. The van der Waals surface area contributed by atoms with Gasteiger partial charge in [0.1, 0.15) is 6.10 Å². The zero-order valence-electron chi connectivity index (χ0n) is 12.2. The van der Waals surface area contributed by atoms with Crippen molar-refractivity contribution in [1.82, 2.24) is 9.80 Å². The molecule has 0 spiro atoms. The number of amides is 1. The van der Waals surface area contributed by atoms with Crippen molar-refractivity contribution in [3.63, 3.8) is 0 Å². The molecule has 2 aliphatic rings. The molecule has 3 unspecified atom stereocenters. The van der Waals surface area contributed by atoms with E-state index < -0.39 is 0 Å². The highest BCUT2D eigenvalue weighted by Gasteiger charge is 2.35. The molecule has 2 aliphatic heterocycles. The third kappa shape index (κ3) is 3.68. The molecule has 2 N–H and O–H groups in total. The topological polar surface area (TPSA) is 58.8 Å². The second-order valence-electron chi connectivity index (χ2n) is 6.02. The maximum absolute atomic E-state index is 12.4. The standard InChI is InChI=1S/C14H27N3O2/c1-11(9-15)10-16-4-6-17(7-5-16)14(18)13-12(2)3-8-19-13/h11-13H,3-10,15H2,1-2H3. The van der Waals surface area contributed by atoms with Gasteiger partial charge in [-0.05, 0) is 24.8 Å². The quantitative estimate of drug-likeness (QED) is 0.789. The minimum atomic E-state index is -0.200. The summed E-state index contributed by atoms with van der Waals surface area (Å²) >= 11 is 0. The Labute approximate surface area is 116 Å². The van der Waals surface area contributed by atoms with Crippen LogP contribution < -0.4 is 5.73 Å². The second-order valence-corrected chi connectivity index (χ2v) is 6.02. The summed E-state index contributed by atoms with van der Waals surface area (Å²) in [6.45, 7) is 10.3. The van der Waals surface area contributed by atoms with Gasteiger partial charge >= 0.3 is 0 Å². The number of nitrogens with zero attached hydrogens (tertiary/aromatic N) is 2. The van der Waals surface area contributed by atoms with Crippen molar-refractivity contribution in [1.29, 1.82) is 0 Å². The summed E-state index contributed by atoms with van der Waals surface area (Å²) in [6, 6.07) is 0. The van der Waals surface area contributed by atoms with Crippen LogP contribution in [0, 0.1) is 11.8 Å². The van der Waals surface area contributed by atoms with Gasteiger partial charge in [-0.25, -0.2) is 0 Å². The van der Waals surface area contributed by atoms with Crippen LogP contribution in [0.2, 0.25) is 0 Å². The van der Waals surface area contributed by atoms with E-state index in [2.05, 4.69) is 18.7 Å². The van der Waals surface area contributed by atoms with Crippen LogP contribution in [0.4, 0.5) is 0 Å². The molecule has 2 saturated heterocycles. The van der Waals surface area contributed by atoms with E-state index in [1.807, 2.05) is 4.90 Å². The summed E-state index contributed by atoms with van der Waals surface area (Å²) in [5.74, 6) is 1.08. The first-order valence-corrected chi connectivity index (χ1v) is 7.44. The van der Waals surface area contributed by atoms with Crippen molar-refractivity contribution in [3.8, 4) is 0 Å². The van der Waals surface area contributed by atoms with Crippen LogP contribution in [0.15, 0.2) is 0 Å². The fourth-order valence-corrected chi connectivity index (χ4v) is 2.86. The maximum atomic E-state index is 12.4. The summed E-state index contributed by atoms with van der Waals surface area (Å²) in [7, 11) is 0. The number of ether oxygens (including phenoxy) is 1. The third-order valence-corrected chi connectivity index (χ3v) is 4.29. The summed E-state index contributed by atoms with van der Waals surface area (Å²) in [5.41, 5.74) is 5.65. The number of hydrogen-bond donors (Lipinski definition) is 1. The van der Waals surface area contributed by atoms with E-state index in [9.17, 15) is 4.79 Å². The van der Waals surface area contributed by atoms with Crippen molar-refractivity contribution >= 4 is 5.91 Å². The molecule has 19 heavy (non-hydrogen) atoms. The van der Waals surface area contributed by atoms with Gasteiger partial charge in [-0.1, -0.05) is 13.8 Å². The summed E-state index contributed by atoms with van der Waals surface area (Å²) in [6.07, 6.45) is 0.805. The van der Waals surface area contributed by atoms with Crippen LogP contribution in [0.5, 0.6) is 0 Å². The van der Waals surface area contributed by atoms with E-state index in [1.165, 1.54) is 0 Å². The Balaban J connectivity index is 1.78. The molecule has 0 aromatic heterocycles. The summed E-state index contributed by atoms with van der Waals surface area (Å²) in [5, 5.41) is 0. The first kappa shape index (κ1) is 14.8. The molecule has 110 valence electrons. The molecular formula is C14H27N3O2. The smallest absolute Gasteiger partial charge is 0.252 e. The van der Waals surface area contributed by atoms with Crippen LogP contribution >= 0.6 is 0 Å². The van der Waals surface area contributed by atoms with Gasteiger partial charge in [0, 0.05) is 39.3 Å². The number of carbonyl (C=O) groups excluding carboxylic acids is 1. The molecular weight excluding hydrogens is 242 g/mol. The Morgan fingerprint density at radius 2 is 2.05 bits per heavy atom. The molecule has 0 radical (unpaired) electrons. The van der Waals surface area contributed by atoms with Gasteiger partial charge in [-0.2, -0.15) is 0 Å². The highest BCUT2D eigenvalue weighted by Crippen LogP contribution is 2.22. The van der Waals surface area contributed by atoms with E-state index in [-0.39, 0.29) is 12.0 Å². The Morgan fingerprint density at radius 3 is 2.58 bits per heavy atom. The van der Waals surface area contributed by atoms with Gasteiger partial charge in [0.2, 0.25) is 0 Å². The van der Waals surface area contributed by atoms with Gasteiger partial charge in [-0.3, -0.25) is 9.69 Å². The summed E-state index contributed by atoms with van der Waals surface area (Å²) < 4.78 is 5.57. The van der Waals surface area contributed by atoms with E-state index in [4.69, 9.17) is 10.5 Å². The van der Waals surface area contributed by atoms with Crippen molar-refractivity contribution in [2.24, 2.45) is 17.6 Å². The first-order valence-electron chi connectivity index (χ1n) is 7.44. The predicted octanol–water partition coefficient (Wildman–Crippen LogP) is 0.150. The highest BCUT2D eigenvalue weighted by atomic mass is 16.5. The zero-order chi connectivity index (χ0) is 13.8. The van der Waals surface area contributed by atoms with E-state index in [0.29, 0.717) is 11.8 Å². The lowest BCUT2D eigenvalue weighted by atomic mass is 10.0. The van der Waals surface area contributed by atoms with E-state index >= 15 is 0 Å². The van der Waals surface area contributed by atoms with Gasteiger partial charge in [0.05, 0.1) is 0 Å². The van der Waals surface area contributed by atoms with Crippen LogP contribution in [0.1, 0.15) is 20.3 Å². The number of nitrogens with two attached hydrogens (primary N) is 1. The molecule has 2 fully saturated rings. The molecule has 0 saturated carbocycles. The van der Waals surface area contributed by atoms with Gasteiger partial charge in [0.15, 0.2) is 0 Å². The van der Waals surface area contributed by atoms with Crippen LogP contribution in [-0.4, -0.2) is 67.7 Å². The average Bonchev–Trinajstić information content (AvgIpc) is 2.85. The van der Waals surface area contributed by atoms with Crippen molar-refractivity contribution in [2.75, 3.05) is 45.9 Å². The predicted molar refractivity (Wildman–Crippen MR) is 74.8 cm³/mol.